The molecule has 4 nitrogen and oxygen atoms in total. The zero-order valence-electron chi connectivity index (χ0n) is 10.4. The highest BCUT2D eigenvalue weighted by Gasteiger charge is 2.16. The van der Waals surface area contributed by atoms with E-state index in [-0.39, 0.29) is 24.8 Å². The van der Waals surface area contributed by atoms with Crippen molar-refractivity contribution in [3.8, 4) is 11.1 Å². The van der Waals surface area contributed by atoms with Gasteiger partial charge in [0, 0.05) is 43.5 Å². The first kappa shape index (κ1) is 15.8. The molecule has 0 unspecified atom stereocenters. The van der Waals surface area contributed by atoms with Crippen molar-refractivity contribution in [1.82, 2.24) is 10.3 Å². The van der Waals surface area contributed by atoms with Gasteiger partial charge in [0.25, 0.3) is 0 Å². The highest BCUT2D eigenvalue weighted by Crippen LogP contribution is 2.28. The van der Waals surface area contributed by atoms with Crippen LogP contribution < -0.4 is 10.2 Å². The summed E-state index contributed by atoms with van der Waals surface area (Å²) in [6.45, 7) is 4.03. The maximum absolute atomic E-state index is 5.15. The Morgan fingerprint density at radius 3 is 2.63 bits per heavy atom. The number of nitrogens with zero attached hydrogens (tertiary/aromatic N) is 2. The minimum Gasteiger partial charge on any atom is -0.472 e. The fourth-order valence-corrected chi connectivity index (χ4v) is 2.17. The molecule has 3 rings (SSSR count). The number of hydrogen-bond donors (Lipinski definition) is 1. The zero-order chi connectivity index (χ0) is 11.5. The molecule has 0 radical (unpaired) electrons. The number of piperazine rings is 1. The van der Waals surface area contributed by atoms with E-state index in [1.54, 1.807) is 12.5 Å². The second kappa shape index (κ2) is 7.38. The van der Waals surface area contributed by atoms with Crippen molar-refractivity contribution >= 4 is 30.6 Å². The molecule has 19 heavy (non-hydrogen) atoms. The summed E-state index contributed by atoms with van der Waals surface area (Å²) in [5.41, 5.74) is 2.23. The third kappa shape index (κ3) is 3.41. The number of hydrogen-bond acceptors (Lipinski definition) is 4. The van der Waals surface area contributed by atoms with Gasteiger partial charge in [0.15, 0.2) is 0 Å². The number of furan rings is 1. The molecule has 2 aromatic heterocycles. The lowest BCUT2D eigenvalue weighted by atomic mass is 10.1. The van der Waals surface area contributed by atoms with Gasteiger partial charge >= 0.3 is 0 Å². The lowest BCUT2D eigenvalue weighted by Gasteiger charge is -2.29. The zero-order valence-corrected chi connectivity index (χ0v) is 12.0. The predicted molar refractivity (Wildman–Crippen MR) is 81.5 cm³/mol. The van der Waals surface area contributed by atoms with Crippen LogP contribution in [0.5, 0.6) is 0 Å². The van der Waals surface area contributed by atoms with Gasteiger partial charge in [0.05, 0.1) is 12.5 Å². The van der Waals surface area contributed by atoms with Crippen LogP contribution in [0, 0.1) is 0 Å². The largest absolute Gasteiger partial charge is 0.472 e. The van der Waals surface area contributed by atoms with Crippen molar-refractivity contribution in [2.24, 2.45) is 0 Å². The molecule has 104 valence electrons. The Bertz CT molecular complexity index is 484. The number of nitrogens with one attached hydrogen (secondary N) is 1. The van der Waals surface area contributed by atoms with E-state index in [2.05, 4.69) is 21.3 Å². The van der Waals surface area contributed by atoms with Crippen LogP contribution in [-0.2, 0) is 0 Å². The van der Waals surface area contributed by atoms with Crippen LogP contribution in [0.3, 0.4) is 0 Å². The molecule has 0 spiro atoms. The monoisotopic (exact) mass is 301 g/mol. The van der Waals surface area contributed by atoms with Crippen LogP contribution in [0.25, 0.3) is 11.1 Å². The van der Waals surface area contributed by atoms with Crippen molar-refractivity contribution < 1.29 is 4.42 Å². The molecule has 0 saturated carbocycles. The molecule has 0 atom stereocenters. The van der Waals surface area contributed by atoms with E-state index in [4.69, 9.17) is 4.42 Å². The molecule has 3 heterocycles. The molecule has 1 aliphatic rings. The Hall–Kier alpha value is -1.23. The van der Waals surface area contributed by atoms with Gasteiger partial charge in [0.2, 0.25) is 0 Å². The molecule has 0 bridgehead atoms. The fraction of sp³-hybridized carbons (Fsp3) is 0.308. The number of rotatable bonds is 2. The maximum Gasteiger partial charge on any atom is 0.136 e. The second-order valence-electron chi connectivity index (χ2n) is 4.12. The van der Waals surface area contributed by atoms with Crippen LogP contribution in [0.15, 0.2) is 41.3 Å². The molecule has 6 heteroatoms. The summed E-state index contributed by atoms with van der Waals surface area (Å²) in [5.74, 6) is 1.05. The number of halogens is 2. The van der Waals surface area contributed by atoms with Gasteiger partial charge in [-0.05, 0) is 18.2 Å². The third-order valence-corrected chi connectivity index (χ3v) is 3.04. The first-order chi connectivity index (χ1) is 8.45. The fourth-order valence-electron chi connectivity index (χ4n) is 2.17. The highest BCUT2D eigenvalue weighted by molar-refractivity contribution is 5.85. The van der Waals surface area contributed by atoms with Crippen LogP contribution >= 0.6 is 24.8 Å². The number of pyridine rings is 1. The van der Waals surface area contributed by atoms with Crippen LogP contribution in [-0.4, -0.2) is 31.2 Å². The summed E-state index contributed by atoms with van der Waals surface area (Å²) in [5, 5.41) is 3.35. The normalized spacial score (nSPS) is 14.4. The SMILES string of the molecule is Cl.Cl.c1cnc(N2CCNCC2)c(-c2ccoc2)c1. The summed E-state index contributed by atoms with van der Waals surface area (Å²) in [4.78, 5) is 6.83. The van der Waals surface area contributed by atoms with Gasteiger partial charge in [-0.3, -0.25) is 0 Å². The van der Waals surface area contributed by atoms with E-state index in [9.17, 15) is 0 Å². The van der Waals surface area contributed by atoms with Crippen molar-refractivity contribution in [2.75, 3.05) is 31.1 Å². The van der Waals surface area contributed by atoms with E-state index in [0.717, 1.165) is 43.1 Å². The second-order valence-corrected chi connectivity index (χ2v) is 4.12. The molecule has 1 fully saturated rings. The van der Waals surface area contributed by atoms with Crippen molar-refractivity contribution in [3.05, 3.63) is 36.9 Å². The lowest BCUT2D eigenvalue weighted by Crippen LogP contribution is -2.44. The Kier molecular flexibility index (Phi) is 6.15. The van der Waals surface area contributed by atoms with E-state index < -0.39 is 0 Å². The van der Waals surface area contributed by atoms with Gasteiger partial charge in [-0.15, -0.1) is 24.8 Å². The summed E-state index contributed by atoms with van der Waals surface area (Å²) < 4.78 is 5.15. The molecular weight excluding hydrogens is 285 g/mol. The molecule has 0 aliphatic carbocycles. The lowest BCUT2D eigenvalue weighted by molar-refractivity contribution is 0.568. The first-order valence-corrected chi connectivity index (χ1v) is 5.88. The highest BCUT2D eigenvalue weighted by atomic mass is 35.5. The topological polar surface area (TPSA) is 41.3 Å². The van der Waals surface area contributed by atoms with E-state index in [1.165, 1.54) is 0 Å². The Labute approximate surface area is 125 Å². The standard InChI is InChI=1S/C13H15N3O.2ClH/c1-2-12(11-3-9-17-10-11)13(15-4-1)16-7-5-14-6-8-16;;/h1-4,9-10,14H,5-8H2;2*1H. The maximum atomic E-state index is 5.15. The average molecular weight is 302 g/mol. The van der Waals surface area contributed by atoms with Gasteiger partial charge in [-0.2, -0.15) is 0 Å². The number of aromatic nitrogens is 1. The van der Waals surface area contributed by atoms with E-state index in [1.807, 2.05) is 18.3 Å². The van der Waals surface area contributed by atoms with Gasteiger partial charge < -0.3 is 14.6 Å². The Morgan fingerprint density at radius 2 is 1.95 bits per heavy atom. The number of anilines is 1. The molecule has 0 amide bonds. The molecule has 1 aliphatic heterocycles. The van der Waals surface area contributed by atoms with Crippen molar-refractivity contribution in [3.63, 3.8) is 0 Å². The molecule has 0 aromatic carbocycles. The summed E-state index contributed by atoms with van der Waals surface area (Å²) in [7, 11) is 0. The smallest absolute Gasteiger partial charge is 0.136 e. The molecule has 2 aromatic rings. The predicted octanol–water partition coefficient (Wildman–Crippen LogP) is 2.59. The molecular formula is C13H17Cl2N3O. The first-order valence-electron chi connectivity index (χ1n) is 5.88. The van der Waals surface area contributed by atoms with Gasteiger partial charge in [0.1, 0.15) is 5.82 Å². The minimum atomic E-state index is 0. The summed E-state index contributed by atoms with van der Waals surface area (Å²) in [6.07, 6.45) is 5.31. The Balaban J connectivity index is 0.000000902. The van der Waals surface area contributed by atoms with Crippen LogP contribution in [0.1, 0.15) is 0 Å². The molecule has 1 saturated heterocycles. The summed E-state index contributed by atoms with van der Waals surface area (Å²) in [6, 6.07) is 6.03. The van der Waals surface area contributed by atoms with E-state index in [0.29, 0.717) is 0 Å². The molecule has 1 N–H and O–H groups in total. The Morgan fingerprint density at radius 1 is 1.16 bits per heavy atom. The van der Waals surface area contributed by atoms with Crippen LogP contribution in [0.2, 0.25) is 0 Å². The van der Waals surface area contributed by atoms with Crippen LogP contribution in [0.4, 0.5) is 5.82 Å². The minimum absolute atomic E-state index is 0. The van der Waals surface area contributed by atoms with Gasteiger partial charge in [-0.25, -0.2) is 4.98 Å². The van der Waals surface area contributed by atoms with Crippen molar-refractivity contribution in [2.45, 2.75) is 0 Å². The third-order valence-electron chi connectivity index (χ3n) is 3.04. The average Bonchev–Trinajstić information content (AvgIpc) is 2.94. The quantitative estimate of drug-likeness (QED) is 0.926. The summed E-state index contributed by atoms with van der Waals surface area (Å²) >= 11 is 0. The van der Waals surface area contributed by atoms with Crippen molar-refractivity contribution in [1.29, 1.82) is 0 Å². The van der Waals surface area contributed by atoms with E-state index >= 15 is 0 Å². The van der Waals surface area contributed by atoms with Gasteiger partial charge in [-0.1, -0.05) is 0 Å².